The lowest BCUT2D eigenvalue weighted by molar-refractivity contribution is 0.0987. The third-order valence-corrected chi connectivity index (χ3v) is 4.65. The highest BCUT2D eigenvalue weighted by atomic mass is 35.5. The Morgan fingerprint density at radius 1 is 1.59 bits per heavy atom. The molecule has 1 aromatic heterocycles. The number of aromatic nitrogens is 3. The number of nitrogens with zero attached hydrogens (tertiary/aromatic N) is 4. The SMILES string of the molecule is CC1(CN2CCCC(n3cnc(C(N)=O)n3)C2)CCNC1.Cl. The largest absolute Gasteiger partial charge is 0.363 e. The molecule has 2 aliphatic heterocycles. The number of hydrogen-bond acceptors (Lipinski definition) is 5. The number of carbonyl (C=O) groups excluding carboxylic acids is 1. The minimum absolute atomic E-state index is 0. The molecule has 8 heteroatoms. The Balaban J connectivity index is 0.00000176. The van der Waals surface area contributed by atoms with Crippen molar-refractivity contribution in [3.05, 3.63) is 12.2 Å². The maximum Gasteiger partial charge on any atom is 0.288 e. The zero-order chi connectivity index (χ0) is 14.9. The minimum atomic E-state index is -0.564. The van der Waals surface area contributed by atoms with E-state index in [2.05, 4.69) is 27.2 Å². The molecule has 3 heterocycles. The second-order valence-electron chi connectivity index (χ2n) is 6.68. The van der Waals surface area contributed by atoms with E-state index >= 15 is 0 Å². The van der Waals surface area contributed by atoms with Crippen LogP contribution in [0.25, 0.3) is 0 Å². The molecule has 0 bridgehead atoms. The molecule has 2 unspecified atom stereocenters. The predicted molar refractivity (Wildman–Crippen MR) is 86.1 cm³/mol. The number of nitrogens with one attached hydrogen (secondary N) is 1. The van der Waals surface area contributed by atoms with E-state index in [-0.39, 0.29) is 24.3 Å². The summed E-state index contributed by atoms with van der Waals surface area (Å²) in [7, 11) is 0. The van der Waals surface area contributed by atoms with E-state index in [1.165, 1.54) is 6.42 Å². The summed E-state index contributed by atoms with van der Waals surface area (Å²) in [5.41, 5.74) is 5.59. The molecule has 1 aromatic rings. The zero-order valence-corrected chi connectivity index (χ0v) is 13.8. The van der Waals surface area contributed by atoms with Crippen molar-refractivity contribution in [3.63, 3.8) is 0 Å². The molecule has 3 rings (SSSR count). The van der Waals surface area contributed by atoms with Crippen LogP contribution in [0.5, 0.6) is 0 Å². The van der Waals surface area contributed by atoms with Crippen molar-refractivity contribution in [3.8, 4) is 0 Å². The first-order chi connectivity index (χ1) is 10.1. The fraction of sp³-hybridized carbons (Fsp3) is 0.786. The number of piperidine rings is 1. The van der Waals surface area contributed by atoms with Gasteiger partial charge in [0.2, 0.25) is 5.82 Å². The van der Waals surface area contributed by atoms with Crippen LogP contribution < -0.4 is 11.1 Å². The molecule has 2 saturated heterocycles. The van der Waals surface area contributed by atoms with Crippen LogP contribution in [0.3, 0.4) is 0 Å². The first-order valence-corrected chi connectivity index (χ1v) is 7.70. The first kappa shape index (κ1) is 17.2. The molecule has 2 aliphatic rings. The van der Waals surface area contributed by atoms with Gasteiger partial charge in [-0.1, -0.05) is 6.92 Å². The summed E-state index contributed by atoms with van der Waals surface area (Å²) in [6.07, 6.45) is 5.10. The summed E-state index contributed by atoms with van der Waals surface area (Å²) in [4.78, 5) is 17.6. The predicted octanol–water partition coefficient (Wildman–Crippen LogP) is 0.435. The van der Waals surface area contributed by atoms with E-state index in [0.717, 1.165) is 45.6 Å². The van der Waals surface area contributed by atoms with Crippen molar-refractivity contribution in [2.75, 3.05) is 32.7 Å². The number of hydrogen-bond donors (Lipinski definition) is 2. The highest BCUT2D eigenvalue weighted by Crippen LogP contribution is 2.29. The molecule has 7 nitrogen and oxygen atoms in total. The summed E-state index contributed by atoms with van der Waals surface area (Å²) < 4.78 is 1.81. The second-order valence-corrected chi connectivity index (χ2v) is 6.68. The second kappa shape index (κ2) is 6.93. The van der Waals surface area contributed by atoms with Crippen molar-refractivity contribution in [2.45, 2.75) is 32.2 Å². The summed E-state index contributed by atoms with van der Waals surface area (Å²) in [5.74, 6) is -0.454. The van der Waals surface area contributed by atoms with Crippen molar-refractivity contribution >= 4 is 18.3 Å². The van der Waals surface area contributed by atoms with Gasteiger partial charge < -0.3 is 16.0 Å². The molecule has 0 spiro atoms. The Morgan fingerprint density at radius 2 is 2.41 bits per heavy atom. The number of halogens is 1. The smallest absolute Gasteiger partial charge is 0.288 e. The quantitative estimate of drug-likeness (QED) is 0.837. The number of amides is 1. The molecular weight excluding hydrogens is 304 g/mol. The lowest BCUT2D eigenvalue weighted by atomic mass is 9.88. The molecule has 2 atom stereocenters. The van der Waals surface area contributed by atoms with Gasteiger partial charge in [0.25, 0.3) is 5.91 Å². The Kier molecular flexibility index (Phi) is 5.41. The van der Waals surface area contributed by atoms with Crippen LogP contribution in [-0.2, 0) is 0 Å². The van der Waals surface area contributed by atoms with Gasteiger partial charge in [0.1, 0.15) is 6.33 Å². The van der Waals surface area contributed by atoms with Gasteiger partial charge in [-0.05, 0) is 37.8 Å². The number of primary amides is 1. The van der Waals surface area contributed by atoms with E-state index in [9.17, 15) is 4.79 Å². The maximum atomic E-state index is 11.1. The third-order valence-electron chi connectivity index (χ3n) is 4.65. The Labute approximate surface area is 137 Å². The van der Waals surface area contributed by atoms with Crippen molar-refractivity contribution in [2.24, 2.45) is 11.1 Å². The Hall–Kier alpha value is -1.18. The number of rotatable bonds is 4. The number of likely N-dealkylation sites (tertiary alicyclic amines) is 1. The lowest BCUT2D eigenvalue weighted by Crippen LogP contribution is -2.43. The molecule has 2 fully saturated rings. The van der Waals surface area contributed by atoms with E-state index in [1.54, 1.807) is 6.33 Å². The molecule has 0 radical (unpaired) electrons. The van der Waals surface area contributed by atoms with Crippen molar-refractivity contribution < 1.29 is 4.79 Å². The molecule has 124 valence electrons. The van der Waals surface area contributed by atoms with Crippen LogP contribution in [-0.4, -0.2) is 58.3 Å². The fourth-order valence-corrected chi connectivity index (χ4v) is 3.50. The number of nitrogens with two attached hydrogens (primary N) is 1. The maximum absolute atomic E-state index is 11.1. The van der Waals surface area contributed by atoms with Crippen LogP contribution in [0, 0.1) is 5.41 Å². The molecular formula is C14H25ClN6O. The summed E-state index contributed by atoms with van der Waals surface area (Å²) >= 11 is 0. The lowest BCUT2D eigenvalue weighted by Gasteiger charge is -2.37. The summed E-state index contributed by atoms with van der Waals surface area (Å²) in [6.45, 7) is 7.81. The molecule has 3 N–H and O–H groups in total. The monoisotopic (exact) mass is 328 g/mol. The number of carbonyl (C=O) groups is 1. The van der Waals surface area contributed by atoms with E-state index in [4.69, 9.17) is 5.73 Å². The first-order valence-electron chi connectivity index (χ1n) is 7.70. The van der Waals surface area contributed by atoms with Crippen LogP contribution in [0.15, 0.2) is 6.33 Å². The molecule has 22 heavy (non-hydrogen) atoms. The third kappa shape index (κ3) is 3.77. The Morgan fingerprint density at radius 3 is 3.05 bits per heavy atom. The topological polar surface area (TPSA) is 89.1 Å². The van der Waals surface area contributed by atoms with Gasteiger partial charge in [0.05, 0.1) is 6.04 Å². The molecule has 0 saturated carbocycles. The highest BCUT2D eigenvalue weighted by Gasteiger charge is 2.33. The summed E-state index contributed by atoms with van der Waals surface area (Å²) in [6, 6.07) is 0.289. The van der Waals surface area contributed by atoms with Crippen LogP contribution in [0.2, 0.25) is 0 Å². The molecule has 0 aliphatic carbocycles. The van der Waals surface area contributed by atoms with Gasteiger partial charge in [0.15, 0.2) is 0 Å². The van der Waals surface area contributed by atoms with Crippen LogP contribution >= 0.6 is 12.4 Å². The van der Waals surface area contributed by atoms with E-state index in [0.29, 0.717) is 5.41 Å². The average Bonchev–Trinajstić information content (AvgIpc) is 3.08. The minimum Gasteiger partial charge on any atom is -0.363 e. The van der Waals surface area contributed by atoms with Gasteiger partial charge in [-0.2, -0.15) is 0 Å². The van der Waals surface area contributed by atoms with Crippen molar-refractivity contribution in [1.29, 1.82) is 0 Å². The highest BCUT2D eigenvalue weighted by molar-refractivity contribution is 5.88. The zero-order valence-electron chi connectivity index (χ0n) is 13.0. The van der Waals surface area contributed by atoms with Crippen molar-refractivity contribution in [1.82, 2.24) is 25.0 Å². The van der Waals surface area contributed by atoms with Gasteiger partial charge in [-0.15, -0.1) is 17.5 Å². The van der Waals surface area contributed by atoms with Crippen LogP contribution in [0.1, 0.15) is 42.8 Å². The normalized spacial score (nSPS) is 29.2. The summed E-state index contributed by atoms with van der Waals surface area (Å²) in [5, 5.41) is 7.66. The average molecular weight is 329 g/mol. The van der Waals surface area contributed by atoms with Gasteiger partial charge in [0, 0.05) is 19.6 Å². The molecule has 1 amide bonds. The fourth-order valence-electron chi connectivity index (χ4n) is 3.50. The van der Waals surface area contributed by atoms with Gasteiger partial charge >= 0.3 is 0 Å². The standard InChI is InChI=1S/C14H24N6O.ClH/c1-14(4-5-16-8-14)9-19-6-2-3-11(7-19)20-10-17-13(18-20)12(15)21;/h10-11,16H,2-9H2,1H3,(H2,15,21);1H. The molecule has 0 aromatic carbocycles. The van der Waals surface area contributed by atoms with Gasteiger partial charge in [-0.25, -0.2) is 9.67 Å². The Bertz CT molecular complexity index is 513. The van der Waals surface area contributed by atoms with E-state index in [1.807, 2.05) is 4.68 Å². The van der Waals surface area contributed by atoms with Gasteiger partial charge in [-0.3, -0.25) is 4.79 Å². The van der Waals surface area contributed by atoms with Crippen LogP contribution in [0.4, 0.5) is 0 Å². The van der Waals surface area contributed by atoms with E-state index < -0.39 is 5.91 Å².